The van der Waals surface area contributed by atoms with Crippen molar-refractivity contribution in [2.45, 2.75) is 0 Å². The van der Waals surface area contributed by atoms with E-state index in [1.165, 1.54) is 27.5 Å². The number of nitrogens with one attached hydrogen (secondary N) is 1. The van der Waals surface area contributed by atoms with Crippen molar-refractivity contribution in [3.63, 3.8) is 0 Å². The Hall–Kier alpha value is -2.54. The summed E-state index contributed by atoms with van der Waals surface area (Å²) in [6.45, 7) is 0. The molecule has 0 unspecified atom stereocenters. The summed E-state index contributed by atoms with van der Waals surface area (Å²) in [6.07, 6.45) is 1.46. The van der Waals surface area contributed by atoms with Crippen LogP contribution < -0.4 is 19.7 Å². The lowest BCUT2D eigenvalue weighted by atomic mass is 10.1. The Morgan fingerprint density at radius 3 is 2.45 bits per heavy atom. The SMILES string of the molecule is COc1cc2ccnc(C(=O)NO)c2c(OC)c1OC. The minimum Gasteiger partial charge on any atom is -0.493 e. The molecule has 2 N–H and O–H groups in total. The minimum atomic E-state index is -0.735. The fraction of sp³-hybridized carbons (Fsp3) is 0.231. The summed E-state index contributed by atoms with van der Waals surface area (Å²) >= 11 is 0. The number of fused-ring (bicyclic) bond motifs is 1. The Bertz CT molecular complexity index is 657. The first-order valence-electron chi connectivity index (χ1n) is 5.70. The third-order valence-electron chi connectivity index (χ3n) is 2.87. The molecular weight excluding hydrogens is 264 g/mol. The second kappa shape index (κ2) is 5.62. The topological polar surface area (TPSA) is 89.9 Å². The average Bonchev–Trinajstić information content (AvgIpc) is 2.51. The Morgan fingerprint density at radius 2 is 1.90 bits per heavy atom. The van der Waals surface area contributed by atoms with Gasteiger partial charge in [-0.25, -0.2) is 5.48 Å². The van der Waals surface area contributed by atoms with E-state index in [0.717, 1.165) is 0 Å². The Balaban J connectivity index is 2.90. The van der Waals surface area contributed by atoms with Crippen molar-refractivity contribution in [2.24, 2.45) is 0 Å². The number of benzene rings is 1. The van der Waals surface area contributed by atoms with Gasteiger partial charge in [-0.1, -0.05) is 0 Å². The number of rotatable bonds is 4. The van der Waals surface area contributed by atoms with Crippen LogP contribution in [0.25, 0.3) is 10.8 Å². The van der Waals surface area contributed by atoms with Crippen LogP contribution in [0.15, 0.2) is 18.3 Å². The Kier molecular flexibility index (Phi) is 3.90. The minimum absolute atomic E-state index is 0.0304. The van der Waals surface area contributed by atoms with Gasteiger partial charge >= 0.3 is 0 Å². The molecule has 2 aromatic rings. The van der Waals surface area contributed by atoms with Crippen LogP contribution in [0.2, 0.25) is 0 Å². The smallest absolute Gasteiger partial charge is 0.294 e. The molecule has 7 nitrogen and oxygen atoms in total. The summed E-state index contributed by atoms with van der Waals surface area (Å²) in [5.41, 5.74) is 1.59. The van der Waals surface area contributed by atoms with Crippen LogP contribution >= 0.6 is 0 Å². The van der Waals surface area contributed by atoms with Gasteiger partial charge in [0.1, 0.15) is 5.69 Å². The lowest BCUT2D eigenvalue weighted by Gasteiger charge is -2.15. The molecule has 7 heteroatoms. The molecular formula is C13H14N2O5. The van der Waals surface area contributed by atoms with Gasteiger partial charge in [-0.3, -0.25) is 15.0 Å². The van der Waals surface area contributed by atoms with Gasteiger partial charge in [-0.05, 0) is 17.5 Å². The van der Waals surface area contributed by atoms with Crippen molar-refractivity contribution in [3.8, 4) is 17.2 Å². The predicted molar refractivity (Wildman–Crippen MR) is 70.7 cm³/mol. The molecule has 0 aliphatic heterocycles. The van der Waals surface area contributed by atoms with E-state index in [0.29, 0.717) is 28.0 Å². The molecule has 0 bridgehead atoms. The van der Waals surface area contributed by atoms with Gasteiger partial charge in [0.15, 0.2) is 11.5 Å². The third kappa shape index (κ3) is 2.08. The molecule has 0 spiro atoms. The van der Waals surface area contributed by atoms with E-state index in [2.05, 4.69) is 4.98 Å². The zero-order valence-corrected chi connectivity index (χ0v) is 11.3. The molecule has 0 aliphatic carbocycles. The van der Waals surface area contributed by atoms with E-state index in [4.69, 9.17) is 19.4 Å². The third-order valence-corrected chi connectivity index (χ3v) is 2.87. The van der Waals surface area contributed by atoms with Crippen LogP contribution in [0.3, 0.4) is 0 Å². The lowest BCUT2D eigenvalue weighted by Crippen LogP contribution is -2.20. The summed E-state index contributed by atoms with van der Waals surface area (Å²) < 4.78 is 15.8. The molecule has 1 aromatic carbocycles. The number of pyridine rings is 1. The first kappa shape index (κ1) is 13.9. The summed E-state index contributed by atoms with van der Waals surface area (Å²) in [7, 11) is 4.42. The van der Waals surface area contributed by atoms with Crippen molar-refractivity contribution in [1.29, 1.82) is 0 Å². The quantitative estimate of drug-likeness (QED) is 0.648. The van der Waals surface area contributed by atoms with Gasteiger partial charge < -0.3 is 14.2 Å². The van der Waals surface area contributed by atoms with Crippen LogP contribution in [0.4, 0.5) is 0 Å². The van der Waals surface area contributed by atoms with E-state index in [9.17, 15) is 4.79 Å². The molecule has 0 saturated heterocycles. The molecule has 0 aliphatic rings. The highest BCUT2D eigenvalue weighted by Gasteiger charge is 2.21. The number of hydroxylamine groups is 1. The lowest BCUT2D eigenvalue weighted by molar-refractivity contribution is 0.0702. The van der Waals surface area contributed by atoms with Crippen LogP contribution in [0, 0.1) is 0 Å². The predicted octanol–water partition coefficient (Wildman–Crippen LogP) is 1.38. The highest BCUT2D eigenvalue weighted by atomic mass is 16.5. The van der Waals surface area contributed by atoms with Gasteiger partial charge in [-0.15, -0.1) is 0 Å². The molecule has 20 heavy (non-hydrogen) atoms. The zero-order chi connectivity index (χ0) is 14.7. The molecule has 0 saturated carbocycles. The number of nitrogens with zero attached hydrogens (tertiary/aromatic N) is 1. The number of amides is 1. The summed E-state index contributed by atoms with van der Waals surface area (Å²) in [5.74, 6) is 0.399. The van der Waals surface area contributed by atoms with Gasteiger partial charge in [0.2, 0.25) is 5.75 Å². The molecule has 1 amide bonds. The van der Waals surface area contributed by atoms with Crippen molar-refractivity contribution in [1.82, 2.24) is 10.5 Å². The van der Waals surface area contributed by atoms with Crippen molar-refractivity contribution in [3.05, 3.63) is 24.0 Å². The number of carbonyl (C=O) groups excluding carboxylic acids is 1. The molecule has 1 aromatic heterocycles. The van der Waals surface area contributed by atoms with Crippen LogP contribution in [-0.2, 0) is 0 Å². The van der Waals surface area contributed by atoms with Gasteiger partial charge in [0, 0.05) is 6.20 Å². The number of hydrogen-bond donors (Lipinski definition) is 2. The average molecular weight is 278 g/mol. The maximum Gasteiger partial charge on any atom is 0.294 e. The standard InChI is InChI=1S/C13H14N2O5/c1-18-8-6-7-4-5-14-10(13(16)15-17)9(7)12(20-3)11(8)19-2/h4-6,17H,1-3H3,(H,15,16). The van der Waals surface area contributed by atoms with Crippen LogP contribution in [0.1, 0.15) is 10.5 Å². The second-order valence-electron chi connectivity index (χ2n) is 3.84. The first-order valence-corrected chi connectivity index (χ1v) is 5.70. The molecule has 1 heterocycles. The molecule has 0 fully saturated rings. The molecule has 0 radical (unpaired) electrons. The molecule has 0 atom stereocenters. The van der Waals surface area contributed by atoms with E-state index in [1.807, 2.05) is 0 Å². The molecule has 2 rings (SSSR count). The van der Waals surface area contributed by atoms with E-state index in [-0.39, 0.29) is 5.69 Å². The normalized spacial score (nSPS) is 10.2. The highest BCUT2D eigenvalue weighted by Crippen LogP contribution is 2.44. The number of hydrogen-bond acceptors (Lipinski definition) is 6. The fourth-order valence-corrected chi connectivity index (χ4v) is 2.03. The Labute approximate surface area is 115 Å². The maximum absolute atomic E-state index is 11.7. The van der Waals surface area contributed by atoms with Crippen LogP contribution in [0.5, 0.6) is 17.2 Å². The first-order chi connectivity index (χ1) is 9.67. The Morgan fingerprint density at radius 1 is 1.20 bits per heavy atom. The van der Waals surface area contributed by atoms with E-state index >= 15 is 0 Å². The van der Waals surface area contributed by atoms with Crippen molar-refractivity contribution < 1.29 is 24.2 Å². The van der Waals surface area contributed by atoms with Gasteiger partial charge in [0.05, 0.1) is 26.7 Å². The summed E-state index contributed by atoms with van der Waals surface area (Å²) in [4.78, 5) is 15.7. The summed E-state index contributed by atoms with van der Waals surface area (Å²) in [6, 6.07) is 3.40. The fourth-order valence-electron chi connectivity index (χ4n) is 2.03. The number of carbonyl (C=O) groups is 1. The maximum atomic E-state index is 11.7. The number of aromatic nitrogens is 1. The second-order valence-corrected chi connectivity index (χ2v) is 3.84. The zero-order valence-electron chi connectivity index (χ0n) is 11.3. The van der Waals surface area contributed by atoms with Crippen molar-refractivity contribution >= 4 is 16.7 Å². The molecule has 106 valence electrons. The van der Waals surface area contributed by atoms with Gasteiger partial charge in [0.25, 0.3) is 5.91 Å². The summed E-state index contributed by atoms with van der Waals surface area (Å²) in [5, 5.41) is 9.91. The van der Waals surface area contributed by atoms with E-state index in [1.54, 1.807) is 17.6 Å². The monoisotopic (exact) mass is 278 g/mol. The number of ether oxygens (including phenoxy) is 3. The highest BCUT2D eigenvalue weighted by molar-refractivity contribution is 6.08. The van der Waals surface area contributed by atoms with Crippen LogP contribution in [-0.4, -0.2) is 37.4 Å². The van der Waals surface area contributed by atoms with Gasteiger partial charge in [-0.2, -0.15) is 0 Å². The number of methoxy groups -OCH3 is 3. The van der Waals surface area contributed by atoms with E-state index < -0.39 is 5.91 Å². The largest absolute Gasteiger partial charge is 0.493 e. The van der Waals surface area contributed by atoms with Crippen molar-refractivity contribution in [2.75, 3.05) is 21.3 Å².